The van der Waals surface area contributed by atoms with Crippen LogP contribution in [0.25, 0.3) is 0 Å². The van der Waals surface area contributed by atoms with Crippen molar-refractivity contribution in [2.24, 2.45) is 0 Å². The molecular weight excluding hydrogens is 176 g/mol. The lowest BCUT2D eigenvalue weighted by Crippen LogP contribution is -2.02. The summed E-state index contributed by atoms with van der Waals surface area (Å²) >= 11 is 1.22. The molecule has 1 aliphatic carbocycles. The van der Waals surface area contributed by atoms with Gasteiger partial charge in [-0.15, -0.1) is 0 Å². The van der Waals surface area contributed by atoms with E-state index in [0.717, 1.165) is 17.7 Å². The quantitative estimate of drug-likeness (QED) is 0.726. The molecule has 1 heterocycles. The summed E-state index contributed by atoms with van der Waals surface area (Å²) in [4.78, 5) is 11.6. The molecule has 2 rings (SSSR count). The van der Waals surface area contributed by atoms with Crippen molar-refractivity contribution >= 4 is 23.3 Å². The minimum absolute atomic E-state index is 0.161. The zero-order chi connectivity index (χ0) is 8.72. The van der Waals surface area contributed by atoms with Crippen LogP contribution in [0.15, 0.2) is 0 Å². The van der Waals surface area contributed by atoms with Crippen LogP contribution < -0.4 is 5.73 Å². The normalized spacial score (nSPS) is 16.3. The Morgan fingerprint density at radius 3 is 2.83 bits per heavy atom. The summed E-state index contributed by atoms with van der Waals surface area (Å²) in [5.41, 5.74) is 5.65. The molecule has 1 saturated carbocycles. The van der Waals surface area contributed by atoms with Crippen molar-refractivity contribution in [1.82, 2.24) is 4.37 Å². The summed E-state index contributed by atoms with van der Waals surface area (Å²) in [6.07, 6.45) is 2.14. The van der Waals surface area contributed by atoms with Gasteiger partial charge >= 0.3 is 5.97 Å². The van der Waals surface area contributed by atoms with Gasteiger partial charge in [0.15, 0.2) is 5.82 Å². The Morgan fingerprint density at radius 1 is 1.67 bits per heavy atom. The number of carboxylic acids is 1. The van der Waals surface area contributed by atoms with Gasteiger partial charge in [0, 0.05) is 4.88 Å². The van der Waals surface area contributed by atoms with E-state index in [2.05, 4.69) is 4.37 Å². The van der Waals surface area contributed by atoms with Crippen LogP contribution in [0.1, 0.15) is 34.0 Å². The molecule has 0 aromatic carbocycles. The molecule has 4 nitrogen and oxygen atoms in total. The van der Waals surface area contributed by atoms with E-state index in [0.29, 0.717) is 5.92 Å². The molecule has 0 unspecified atom stereocenters. The first kappa shape index (κ1) is 7.54. The number of aromatic carboxylic acids is 1. The number of carboxylic acid groups (broad SMARTS) is 1. The Labute approximate surface area is 73.2 Å². The standard InChI is InChI=1S/C7H8N2O2S/c8-6-4(7(10)11)5(12-9-6)3-1-2-3/h3H,1-2H2,(H2,8,9)(H,10,11). The Morgan fingerprint density at radius 2 is 2.33 bits per heavy atom. The molecule has 1 aromatic rings. The van der Waals surface area contributed by atoms with Gasteiger partial charge in [0.25, 0.3) is 0 Å². The van der Waals surface area contributed by atoms with Gasteiger partial charge in [-0.25, -0.2) is 4.79 Å². The van der Waals surface area contributed by atoms with E-state index in [1.165, 1.54) is 11.5 Å². The number of anilines is 1. The predicted molar refractivity (Wildman–Crippen MR) is 45.5 cm³/mol. The molecule has 0 atom stereocenters. The Balaban J connectivity index is 2.46. The number of carbonyl (C=O) groups is 1. The first-order chi connectivity index (χ1) is 5.70. The van der Waals surface area contributed by atoms with E-state index in [-0.39, 0.29) is 11.4 Å². The van der Waals surface area contributed by atoms with Crippen LogP contribution in [0.4, 0.5) is 5.82 Å². The van der Waals surface area contributed by atoms with E-state index in [9.17, 15) is 4.79 Å². The molecule has 3 N–H and O–H groups in total. The number of nitrogen functional groups attached to an aromatic ring is 1. The topological polar surface area (TPSA) is 76.2 Å². The second kappa shape index (κ2) is 2.45. The molecule has 12 heavy (non-hydrogen) atoms. The fourth-order valence-corrected chi connectivity index (χ4v) is 2.11. The average molecular weight is 184 g/mol. The first-order valence-electron chi connectivity index (χ1n) is 3.68. The number of nitrogens with zero attached hydrogens (tertiary/aromatic N) is 1. The minimum atomic E-state index is -0.955. The molecule has 0 radical (unpaired) electrons. The van der Waals surface area contributed by atoms with Crippen LogP contribution >= 0.6 is 11.5 Å². The molecule has 5 heteroatoms. The van der Waals surface area contributed by atoms with Crippen LogP contribution in [-0.2, 0) is 0 Å². The zero-order valence-electron chi connectivity index (χ0n) is 6.28. The highest BCUT2D eigenvalue weighted by Gasteiger charge is 2.31. The maximum absolute atomic E-state index is 10.7. The zero-order valence-corrected chi connectivity index (χ0v) is 7.10. The van der Waals surface area contributed by atoms with Gasteiger partial charge in [-0.05, 0) is 30.3 Å². The molecule has 1 aliphatic rings. The molecule has 0 saturated heterocycles. The van der Waals surface area contributed by atoms with Crippen LogP contribution in [-0.4, -0.2) is 15.4 Å². The molecule has 0 spiro atoms. The van der Waals surface area contributed by atoms with Crippen LogP contribution in [0.5, 0.6) is 0 Å². The summed E-state index contributed by atoms with van der Waals surface area (Å²) in [6, 6.07) is 0. The number of nitrogens with two attached hydrogens (primary N) is 1. The highest BCUT2D eigenvalue weighted by atomic mass is 32.1. The Kier molecular flexibility index (Phi) is 1.54. The third-order valence-electron chi connectivity index (χ3n) is 1.91. The summed E-state index contributed by atoms with van der Waals surface area (Å²) in [5.74, 6) is -0.386. The maximum Gasteiger partial charge on any atom is 0.340 e. The van der Waals surface area contributed by atoms with Crippen molar-refractivity contribution < 1.29 is 9.90 Å². The van der Waals surface area contributed by atoms with Crippen LogP contribution in [0, 0.1) is 0 Å². The molecule has 0 amide bonds. The third kappa shape index (κ3) is 1.06. The first-order valence-corrected chi connectivity index (χ1v) is 4.46. The van der Waals surface area contributed by atoms with Crippen LogP contribution in [0.2, 0.25) is 0 Å². The van der Waals surface area contributed by atoms with Crippen molar-refractivity contribution in [3.05, 3.63) is 10.4 Å². The maximum atomic E-state index is 10.7. The largest absolute Gasteiger partial charge is 0.478 e. The summed E-state index contributed by atoms with van der Waals surface area (Å²) in [5, 5.41) is 8.80. The van der Waals surface area contributed by atoms with Gasteiger partial charge < -0.3 is 10.8 Å². The monoisotopic (exact) mass is 184 g/mol. The summed E-state index contributed by atoms with van der Waals surface area (Å²) in [7, 11) is 0. The number of hydrogen-bond donors (Lipinski definition) is 2. The van der Waals surface area contributed by atoms with Crippen molar-refractivity contribution in [2.75, 3.05) is 5.73 Å². The fourth-order valence-electron chi connectivity index (χ4n) is 1.15. The fraction of sp³-hybridized carbons (Fsp3) is 0.429. The molecule has 64 valence electrons. The van der Waals surface area contributed by atoms with Crippen molar-refractivity contribution in [3.63, 3.8) is 0 Å². The van der Waals surface area contributed by atoms with Crippen molar-refractivity contribution in [3.8, 4) is 0 Å². The Hall–Kier alpha value is -1.10. The highest BCUT2D eigenvalue weighted by Crippen LogP contribution is 2.44. The number of rotatable bonds is 2. The molecule has 1 aromatic heterocycles. The molecule has 1 fully saturated rings. The van der Waals surface area contributed by atoms with E-state index in [1.807, 2.05) is 0 Å². The third-order valence-corrected chi connectivity index (χ3v) is 2.93. The van der Waals surface area contributed by atoms with E-state index in [4.69, 9.17) is 10.8 Å². The van der Waals surface area contributed by atoms with E-state index < -0.39 is 5.97 Å². The minimum Gasteiger partial charge on any atom is -0.478 e. The average Bonchev–Trinajstić information content (AvgIpc) is 2.75. The van der Waals surface area contributed by atoms with Gasteiger partial charge in [-0.1, -0.05) is 0 Å². The molecule has 0 aliphatic heterocycles. The number of hydrogen-bond acceptors (Lipinski definition) is 4. The lowest BCUT2D eigenvalue weighted by molar-refractivity contribution is 0.0697. The van der Waals surface area contributed by atoms with Gasteiger partial charge in [0.2, 0.25) is 0 Å². The number of aromatic nitrogens is 1. The van der Waals surface area contributed by atoms with Gasteiger partial charge in [-0.2, -0.15) is 4.37 Å². The van der Waals surface area contributed by atoms with Gasteiger partial charge in [0.1, 0.15) is 5.56 Å². The summed E-state index contributed by atoms with van der Waals surface area (Å²) in [6.45, 7) is 0. The van der Waals surface area contributed by atoms with Gasteiger partial charge in [0.05, 0.1) is 0 Å². The van der Waals surface area contributed by atoms with Gasteiger partial charge in [-0.3, -0.25) is 0 Å². The lowest BCUT2D eigenvalue weighted by Gasteiger charge is -1.94. The lowest BCUT2D eigenvalue weighted by atomic mass is 10.2. The predicted octanol–water partition coefficient (Wildman–Crippen LogP) is 1.30. The van der Waals surface area contributed by atoms with Crippen molar-refractivity contribution in [2.45, 2.75) is 18.8 Å². The van der Waals surface area contributed by atoms with Crippen LogP contribution in [0.3, 0.4) is 0 Å². The smallest absolute Gasteiger partial charge is 0.340 e. The summed E-state index contributed by atoms with van der Waals surface area (Å²) < 4.78 is 3.84. The molecule has 0 bridgehead atoms. The molecular formula is C7H8N2O2S. The second-order valence-corrected chi connectivity index (χ2v) is 3.69. The SMILES string of the molecule is Nc1nsc(C2CC2)c1C(=O)O. The highest BCUT2D eigenvalue weighted by molar-refractivity contribution is 7.06. The second-order valence-electron chi connectivity index (χ2n) is 2.89. The van der Waals surface area contributed by atoms with E-state index >= 15 is 0 Å². The van der Waals surface area contributed by atoms with Crippen molar-refractivity contribution in [1.29, 1.82) is 0 Å². The van der Waals surface area contributed by atoms with E-state index in [1.54, 1.807) is 0 Å². The Bertz CT molecular complexity index is 330.